The zero-order valence-electron chi connectivity index (χ0n) is 18.0. The number of nitrogens with zero attached hydrogens (tertiary/aromatic N) is 2. The van der Waals surface area contributed by atoms with Crippen molar-refractivity contribution in [3.63, 3.8) is 0 Å². The maximum atomic E-state index is 13.1. The minimum Gasteiger partial charge on any atom is -0.507 e. The Morgan fingerprint density at radius 3 is 2.69 bits per heavy atom. The molecule has 168 valence electrons. The van der Waals surface area contributed by atoms with Crippen molar-refractivity contribution in [2.24, 2.45) is 0 Å². The van der Waals surface area contributed by atoms with Crippen LogP contribution < -0.4 is 9.64 Å². The molecule has 4 rings (SSSR count). The average Bonchev–Trinajstić information content (AvgIpc) is 3.04. The average molecular weight is 457 g/mol. The lowest BCUT2D eigenvalue weighted by atomic mass is 9.95. The highest BCUT2D eigenvalue weighted by atomic mass is 35.5. The van der Waals surface area contributed by atoms with Gasteiger partial charge >= 0.3 is 0 Å². The summed E-state index contributed by atoms with van der Waals surface area (Å²) in [6.07, 6.45) is 0.564. The largest absolute Gasteiger partial charge is 0.507 e. The zero-order valence-corrected chi connectivity index (χ0v) is 18.8. The molecule has 0 spiro atoms. The number of fused-ring (bicyclic) bond motifs is 1. The van der Waals surface area contributed by atoms with E-state index in [4.69, 9.17) is 21.1 Å². The van der Waals surface area contributed by atoms with Gasteiger partial charge < -0.3 is 24.4 Å². The standard InChI is InChI=1S/C24H25ClN2O5/c1-26-11-13-32-19-9-6-16(14-18(19)26)22(28)20-21(15-4-7-17(25)8-5-15)27(10-3-12-31-2)24(30)23(20)29/h4-9,14,21,28H,3,10-13H2,1-2H3/b22-20-. The highest BCUT2D eigenvalue weighted by Gasteiger charge is 2.45. The van der Waals surface area contributed by atoms with Crippen molar-refractivity contribution in [3.05, 3.63) is 64.2 Å². The van der Waals surface area contributed by atoms with E-state index in [9.17, 15) is 14.7 Å². The molecule has 2 heterocycles. The molecular formula is C24H25ClN2O5. The Kier molecular flexibility index (Phi) is 6.39. The van der Waals surface area contributed by atoms with Gasteiger partial charge in [-0.25, -0.2) is 0 Å². The van der Waals surface area contributed by atoms with E-state index in [1.54, 1.807) is 49.6 Å². The van der Waals surface area contributed by atoms with Crippen molar-refractivity contribution >= 4 is 34.7 Å². The van der Waals surface area contributed by atoms with E-state index in [2.05, 4.69) is 0 Å². The third kappa shape index (κ3) is 4.06. The number of ketones is 1. The first-order valence-electron chi connectivity index (χ1n) is 10.4. The van der Waals surface area contributed by atoms with Gasteiger partial charge in [-0.3, -0.25) is 9.59 Å². The summed E-state index contributed by atoms with van der Waals surface area (Å²) >= 11 is 6.05. The number of likely N-dealkylation sites (N-methyl/N-ethyl adjacent to an activating group) is 1. The van der Waals surface area contributed by atoms with Gasteiger partial charge in [-0.2, -0.15) is 0 Å². The van der Waals surface area contributed by atoms with Gasteiger partial charge in [0, 0.05) is 37.9 Å². The molecule has 8 heteroatoms. The molecule has 0 saturated carbocycles. The number of amides is 1. The minimum absolute atomic E-state index is 0.0640. The van der Waals surface area contributed by atoms with Crippen molar-refractivity contribution < 1.29 is 24.2 Å². The lowest BCUT2D eigenvalue weighted by molar-refractivity contribution is -0.140. The third-order valence-electron chi connectivity index (χ3n) is 5.80. The van der Waals surface area contributed by atoms with Crippen LogP contribution in [0.15, 0.2) is 48.0 Å². The SMILES string of the molecule is COCCCN1C(=O)C(=O)/C(=C(\O)c2ccc3c(c2)N(C)CCO3)C1c1ccc(Cl)cc1. The molecular weight excluding hydrogens is 432 g/mol. The van der Waals surface area contributed by atoms with E-state index >= 15 is 0 Å². The first kappa shape index (κ1) is 22.2. The topological polar surface area (TPSA) is 79.3 Å². The lowest BCUT2D eigenvalue weighted by Crippen LogP contribution is -2.31. The van der Waals surface area contributed by atoms with E-state index in [1.165, 1.54) is 4.90 Å². The van der Waals surface area contributed by atoms with E-state index in [0.29, 0.717) is 54.6 Å². The Bertz CT molecular complexity index is 1070. The number of rotatable bonds is 6. The molecule has 2 aliphatic rings. The minimum atomic E-state index is -0.714. The maximum absolute atomic E-state index is 13.1. The van der Waals surface area contributed by atoms with E-state index in [0.717, 1.165) is 5.69 Å². The van der Waals surface area contributed by atoms with Crippen molar-refractivity contribution in [2.45, 2.75) is 12.5 Å². The fraction of sp³-hybridized carbons (Fsp3) is 0.333. The molecule has 0 aliphatic carbocycles. The number of ether oxygens (including phenoxy) is 2. The fourth-order valence-electron chi connectivity index (χ4n) is 4.14. The Hall–Kier alpha value is -3.03. The summed E-state index contributed by atoms with van der Waals surface area (Å²) < 4.78 is 10.8. The molecule has 32 heavy (non-hydrogen) atoms. The van der Waals surface area contributed by atoms with Crippen LogP contribution in [0, 0.1) is 0 Å². The summed E-state index contributed by atoms with van der Waals surface area (Å²) in [5.74, 6) is -0.841. The monoisotopic (exact) mass is 456 g/mol. The van der Waals surface area contributed by atoms with E-state index in [1.807, 2.05) is 11.9 Å². The highest BCUT2D eigenvalue weighted by Crippen LogP contribution is 2.41. The first-order valence-corrected chi connectivity index (χ1v) is 10.8. The summed E-state index contributed by atoms with van der Waals surface area (Å²) in [7, 11) is 3.52. The van der Waals surface area contributed by atoms with Crippen LogP contribution in [0.1, 0.15) is 23.6 Å². The second kappa shape index (κ2) is 9.22. The van der Waals surface area contributed by atoms with Crippen LogP contribution >= 0.6 is 11.6 Å². The number of benzene rings is 2. The lowest BCUT2D eigenvalue weighted by Gasteiger charge is -2.28. The number of carbonyl (C=O) groups excluding carboxylic acids is 2. The molecule has 7 nitrogen and oxygen atoms in total. The van der Waals surface area contributed by atoms with Crippen LogP contribution in [-0.2, 0) is 14.3 Å². The molecule has 1 saturated heterocycles. The first-order chi connectivity index (χ1) is 15.4. The fourth-order valence-corrected chi connectivity index (χ4v) is 4.26. The van der Waals surface area contributed by atoms with Crippen molar-refractivity contribution in [3.8, 4) is 5.75 Å². The third-order valence-corrected chi connectivity index (χ3v) is 6.05. The molecule has 0 aromatic heterocycles. The van der Waals surface area contributed by atoms with E-state index in [-0.39, 0.29) is 11.3 Å². The molecule has 1 atom stereocenters. The second-order valence-corrected chi connectivity index (χ2v) is 8.28. The van der Waals surface area contributed by atoms with Crippen molar-refractivity contribution in [1.29, 1.82) is 0 Å². The van der Waals surface area contributed by atoms with Gasteiger partial charge in [0.1, 0.15) is 18.1 Å². The molecule has 0 radical (unpaired) electrons. The normalized spacial score (nSPS) is 19.8. The van der Waals surface area contributed by atoms with Gasteiger partial charge in [-0.15, -0.1) is 0 Å². The number of aliphatic hydroxyl groups is 1. The van der Waals surface area contributed by atoms with Crippen LogP contribution in [0.5, 0.6) is 5.75 Å². The number of methoxy groups -OCH3 is 1. The van der Waals surface area contributed by atoms with Crippen LogP contribution in [0.2, 0.25) is 5.02 Å². The number of Topliss-reactive ketones (excluding diaryl/α,β-unsaturated/α-hetero) is 1. The van der Waals surface area contributed by atoms with Gasteiger partial charge in [0.15, 0.2) is 0 Å². The molecule has 2 aliphatic heterocycles. The number of anilines is 1. The second-order valence-electron chi connectivity index (χ2n) is 7.84. The predicted molar refractivity (Wildman–Crippen MR) is 122 cm³/mol. The number of hydrogen-bond donors (Lipinski definition) is 1. The molecule has 2 aromatic rings. The Morgan fingerprint density at radius 2 is 1.97 bits per heavy atom. The Labute approximate surface area is 191 Å². The summed E-state index contributed by atoms with van der Waals surface area (Å²) in [6, 6.07) is 11.5. The molecule has 1 fully saturated rings. The molecule has 1 N–H and O–H groups in total. The highest BCUT2D eigenvalue weighted by molar-refractivity contribution is 6.46. The number of likely N-dealkylation sites (tertiary alicyclic amines) is 1. The van der Waals surface area contributed by atoms with Crippen LogP contribution in [0.3, 0.4) is 0 Å². The molecule has 2 aromatic carbocycles. The van der Waals surface area contributed by atoms with Crippen molar-refractivity contribution in [1.82, 2.24) is 4.90 Å². The predicted octanol–water partition coefficient (Wildman–Crippen LogP) is 3.63. The molecule has 1 unspecified atom stereocenters. The van der Waals surface area contributed by atoms with Gasteiger partial charge in [0.25, 0.3) is 11.7 Å². The maximum Gasteiger partial charge on any atom is 0.295 e. The van der Waals surface area contributed by atoms with E-state index < -0.39 is 17.7 Å². The van der Waals surface area contributed by atoms with Gasteiger partial charge in [-0.1, -0.05) is 23.7 Å². The molecule has 0 bridgehead atoms. The summed E-state index contributed by atoms with van der Waals surface area (Å²) in [6.45, 7) is 2.07. The Morgan fingerprint density at radius 1 is 1.22 bits per heavy atom. The van der Waals surface area contributed by atoms with Crippen molar-refractivity contribution in [2.75, 3.05) is 45.4 Å². The smallest absolute Gasteiger partial charge is 0.295 e. The van der Waals surface area contributed by atoms with Gasteiger partial charge in [-0.05, 0) is 42.3 Å². The number of aliphatic hydroxyl groups excluding tert-OH is 1. The van der Waals surface area contributed by atoms with Gasteiger partial charge in [0.05, 0.1) is 23.8 Å². The number of hydrogen-bond acceptors (Lipinski definition) is 6. The zero-order chi connectivity index (χ0) is 22.8. The summed E-state index contributed by atoms with van der Waals surface area (Å²) in [5, 5.41) is 11.8. The summed E-state index contributed by atoms with van der Waals surface area (Å²) in [5.41, 5.74) is 2.03. The summed E-state index contributed by atoms with van der Waals surface area (Å²) in [4.78, 5) is 29.5. The Balaban J connectivity index is 1.81. The quantitative estimate of drug-likeness (QED) is 0.309. The van der Waals surface area contributed by atoms with Crippen LogP contribution in [0.4, 0.5) is 5.69 Å². The molecule has 1 amide bonds. The van der Waals surface area contributed by atoms with Gasteiger partial charge in [0.2, 0.25) is 0 Å². The number of carbonyl (C=O) groups is 2. The van der Waals surface area contributed by atoms with Crippen LogP contribution in [0.25, 0.3) is 5.76 Å². The van der Waals surface area contributed by atoms with Crippen LogP contribution in [-0.4, -0.2) is 62.2 Å². The number of halogens is 1.